The number of carbonyl (C=O) groups excluding carboxylic acids is 1. The molecule has 0 fully saturated rings. The molecule has 4 heteroatoms. The van der Waals surface area contributed by atoms with Crippen LogP contribution in [0, 0.1) is 6.92 Å². The molecule has 2 aromatic rings. The van der Waals surface area contributed by atoms with Crippen LogP contribution >= 0.6 is 11.8 Å². The van der Waals surface area contributed by atoms with E-state index in [9.17, 15) is 4.79 Å². The Balaban J connectivity index is 1.42. The number of rotatable bonds is 7. The van der Waals surface area contributed by atoms with E-state index in [-0.39, 0.29) is 5.91 Å². The highest BCUT2D eigenvalue weighted by Gasteiger charge is 2.16. The van der Waals surface area contributed by atoms with Gasteiger partial charge in [-0.05, 0) is 74.9 Å². The third-order valence-corrected chi connectivity index (χ3v) is 5.71. The Morgan fingerprint density at radius 2 is 1.85 bits per heavy atom. The Bertz CT molecular complexity index is 742. The second kappa shape index (κ2) is 9.13. The molecule has 1 amide bonds. The second-order valence-corrected chi connectivity index (χ2v) is 8.02. The molecule has 1 N–H and O–H groups in total. The zero-order valence-electron chi connectivity index (χ0n) is 15.6. The molecule has 0 aliphatic heterocycles. The maximum Gasteiger partial charge on any atom is 0.260 e. The predicted molar refractivity (Wildman–Crippen MR) is 108 cm³/mol. The fourth-order valence-electron chi connectivity index (χ4n) is 3.16. The maximum atomic E-state index is 12.2. The summed E-state index contributed by atoms with van der Waals surface area (Å²) in [6, 6.07) is 14.7. The van der Waals surface area contributed by atoms with Gasteiger partial charge in [-0.15, -0.1) is 11.8 Å². The van der Waals surface area contributed by atoms with Gasteiger partial charge in [-0.25, -0.2) is 0 Å². The molecule has 3 nitrogen and oxygen atoms in total. The van der Waals surface area contributed by atoms with Crippen molar-refractivity contribution in [2.75, 3.05) is 12.3 Å². The number of carbonyl (C=O) groups is 1. The number of fused-ring (bicyclic) bond motifs is 1. The zero-order valence-corrected chi connectivity index (χ0v) is 16.4. The van der Waals surface area contributed by atoms with Crippen molar-refractivity contribution in [3.8, 4) is 5.75 Å². The SMILES string of the molecule is Cc1ccc(SCCNC(=O)[C@H](C)Oc2ccc3c(c2)CCCC3)cc1. The number of hydrogen-bond donors (Lipinski definition) is 1. The summed E-state index contributed by atoms with van der Waals surface area (Å²) in [6.07, 6.45) is 4.30. The van der Waals surface area contributed by atoms with Crippen LogP contribution in [0.5, 0.6) is 5.75 Å². The average molecular weight is 370 g/mol. The molecule has 2 aromatic carbocycles. The fourth-order valence-corrected chi connectivity index (χ4v) is 3.93. The van der Waals surface area contributed by atoms with Crippen LogP contribution < -0.4 is 10.1 Å². The number of aryl methyl sites for hydroxylation is 3. The molecule has 0 saturated carbocycles. The van der Waals surface area contributed by atoms with Crippen LogP contribution in [-0.2, 0) is 17.6 Å². The van der Waals surface area contributed by atoms with Crippen molar-refractivity contribution >= 4 is 17.7 Å². The molecular formula is C22H27NO2S. The van der Waals surface area contributed by atoms with Gasteiger partial charge in [0.05, 0.1) is 0 Å². The van der Waals surface area contributed by atoms with Gasteiger partial charge in [-0.2, -0.15) is 0 Å². The zero-order chi connectivity index (χ0) is 18.4. The number of hydrogen-bond acceptors (Lipinski definition) is 3. The van der Waals surface area contributed by atoms with Crippen molar-refractivity contribution < 1.29 is 9.53 Å². The van der Waals surface area contributed by atoms with E-state index in [4.69, 9.17) is 4.74 Å². The monoisotopic (exact) mass is 369 g/mol. The van der Waals surface area contributed by atoms with Gasteiger partial charge >= 0.3 is 0 Å². The quantitative estimate of drug-likeness (QED) is 0.575. The molecule has 26 heavy (non-hydrogen) atoms. The standard InChI is InChI=1S/C22H27NO2S/c1-16-7-11-21(12-8-16)26-14-13-23-22(24)17(2)25-20-10-9-18-5-3-4-6-19(18)15-20/h7-12,15,17H,3-6,13-14H2,1-2H3,(H,23,24)/t17-/m0/s1. The molecule has 0 heterocycles. The Kier molecular flexibility index (Phi) is 6.62. The van der Waals surface area contributed by atoms with Crippen molar-refractivity contribution in [2.45, 2.75) is 50.5 Å². The van der Waals surface area contributed by atoms with E-state index in [1.807, 2.05) is 13.0 Å². The summed E-state index contributed by atoms with van der Waals surface area (Å²) in [6.45, 7) is 4.52. The molecule has 138 valence electrons. The predicted octanol–water partition coefficient (Wildman–Crippen LogP) is 4.55. The third kappa shape index (κ3) is 5.28. The summed E-state index contributed by atoms with van der Waals surface area (Å²) in [5.74, 6) is 1.58. The minimum atomic E-state index is -0.485. The van der Waals surface area contributed by atoms with E-state index in [0.29, 0.717) is 6.54 Å². The summed E-state index contributed by atoms with van der Waals surface area (Å²) in [4.78, 5) is 13.5. The van der Waals surface area contributed by atoms with Crippen LogP contribution in [0.2, 0.25) is 0 Å². The largest absolute Gasteiger partial charge is 0.481 e. The van der Waals surface area contributed by atoms with Crippen molar-refractivity contribution in [3.63, 3.8) is 0 Å². The molecule has 0 aromatic heterocycles. The Morgan fingerprint density at radius 3 is 2.62 bits per heavy atom. The first kappa shape index (κ1) is 18.8. The van der Waals surface area contributed by atoms with Crippen LogP contribution in [0.15, 0.2) is 47.4 Å². The normalized spacial score (nSPS) is 14.4. The molecule has 0 bridgehead atoms. The lowest BCUT2D eigenvalue weighted by atomic mass is 9.92. The highest BCUT2D eigenvalue weighted by molar-refractivity contribution is 7.99. The molecule has 0 unspecified atom stereocenters. The Hall–Kier alpha value is -1.94. The summed E-state index contributed by atoms with van der Waals surface area (Å²) in [5, 5.41) is 2.96. The van der Waals surface area contributed by atoms with E-state index in [1.54, 1.807) is 11.8 Å². The van der Waals surface area contributed by atoms with Gasteiger partial charge in [0, 0.05) is 17.2 Å². The first-order chi connectivity index (χ1) is 12.6. The molecule has 0 saturated heterocycles. The van der Waals surface area contributed by atoms with Gasteiger partial charge in [0.25, 0.3) is 5.91 Å². The lowest BCUT2D eigenvalue weighted by Crippen LogP contribution is -2.37. The minimum absolute atomic E-state index is 0.0628. The molecule has 1 atom stereocenters. The van der Waals surface area contributed by atoms with E-state index in [1.165, 1.54) is 34.4 Å². The summed E-state index contributed by atoms with van der Waals surface area (Å²) in [7, 11) is 0. The molecule has 1 aliphatic carbocycles. The van der Waals surface area contributed by atoms with Gasteiger partial charge in [0.2, 0.25) is 0 Å². The smallest absolute Gasteiger partial charge is 0.260 e. The highest BCUT2D eigenvalue weighted by Crippen LogP contribution is 2.26. The van der Waals surface area contributed by atoms with Crippen LogP contribution in [0.3, 0.4) is 0 Å². The van der Waals surface area contributed by atoms with Crippen LogP contribution in [0.1, 0.15) is 36.5 Å². The van der Waals surface area contributed by atoms with Gasteiger partial charge in [0.15, 0.2) is 6.10 Å². The first-order valence-corrected chi connectivity index (χ1v) is 10.4. The summed E-state index contributed by atoms with van der Waals surface area (Å²) >= 11 is 1.75. The van der Waals surface area contributed by atoms with Crippen LogP contribution in [0.4, 0.5) is 0 Å². The lowest BCUT2D eigenvalue weighted by Gasteiger charge is -2.19. The van der Waals surface area contributed by atoms with E-state index in [0.717, 1.165) is 24.3 Å². The van der Waals surface area contributed by atoms with Crippen molar-refractivity contribution in [1.82, 2.24) is 5.32 Å². The topological polar surface area (TPSA) is 38.3 Å². The maximum absolute atomic E-state index is 12.2. The number of benzene rings is 2. The van der Waals surface area contributed by atoms with Gasteiger partial charge in [-0.3, -0.25) is 4.79 Å². The lowest BCUT2D eigenvalue weighted by molar-refractivity contribution is -0.127. The van der Waals surface area contributed by atoms with Crippen LogP contribution in [0.25, 0.3) is 0 Å². The molecular weight excluding hydrogens is 342 g/mol. The van der Waals surface area contributed by atoms with E-state index < -0.39 is 6.10 Å². The van der Waals surface area contributed by atoms with Gasteiger partial charge in [-0.1, -0.05) is 23.8 Å². The number of ether oxygens (including phenoxy) is 1. The molecule has 3 rings (SSSR count). The average Bonchev–Trinajstić information content (AvgIpc) is 2.66. The fraction of sp³-hybridized carbons (Fsp3) is 0.409. The van der Waals surface area contributed by atoms with Gasteiger partial charge < -0.3 is 10.1 Å². The molecule has 0 spiro atoms. The van der Waals surface area contributed by atoms with Gasteiger partial charge in [0.1, 0.15) is 5.75 Å². The number of nitrogens with one attached hydrogen (secondary N) is 1. The number of thioether (sulfide) groups is 1. The summed E-state index contributed by atoms with van der Waals surface area (Å²) in [5.41, 5.74) is 4.06. The van der Waals surface area contributed by atoms with Crippen molar-refractivity contribution in [1.29, 1.82) is 0 Å². The van der Waals surface area contributed by atoms with Crippen molar-refractivity contribution in [3.05, 3.63) is 59.2 Å². The summed E-state index contributed by atoms with van der Waals surface area (Å²) < 4.78 is 5.85. The molecule has 1 aliphatic rings. The van der Waals surface area contributed by atoms with Crippen LogP contribution in [-0.4, -0.2) is 24.3 Å². The van der Waals surface area contributed by atoms with E-state index >= 15 is 0 Å². The third-order valence-electron chi connectivity index (χ3n) is 4.69. The minimum Gasteiger partial charge on any atom is -0.481 e. The highest BCUT2D eigenvalue weighted by atomic mass is 32.2. The molecule has 0 radical (unpaired) electrons. The Labute approximate surface area is 160 Å². The van der Waals surface area contributed by atoms with E-state index in [2.05, 4.69) is 48.6 Å². The number of amides is 1. The first-order valence-electron chi connectivity index (χ1n) is 9.37. The van der Waals surface area contributed by atoms with Crippen molar-refractivity contribution in [2.24, 2.45) is 0 Å². The second-order valence-electron chi connectivity index (χ2n) is 6.85. The Morgan fingerprint density at radius 1 is 1.12 bits per heavy atom.